The van der Waals surface area contributed by atoms with Crippen molar-refractivity contribution in [1.29, 1.82) is 0 Å². The van der Waals surface area contributed by atoms with Crippen LogP contribution in [0.2, 0.25) is 5.02 Å². The van der Waals surface area contributed by atoms with Gasteiger partial charge in [0, 0.05) is 55.5 Å². The summed E-state index contributed by atoms with van der Waals surface area (Å²) in [6.07, 6.45) is 4.29. The van der Waals surface area contributed by atoms with Gasteiger partial charge in [0.2, 0.25) is 5.91 Å². The molecule has 1 aromatic carbocycles. The number of hydrogen-bond donors (Lipinski definition) is 0. The first-order chi connectivity index (χ1) is 12.2. The predicted molar refractivity (Wildman–Crippen MR) is 100 cm³/mol. The number of carbonyl (C=O) groups is 1. The molecule has 130 valence electrons. The van der Waals surface area contributed by atoms with Gasteiger partial charge >= 0.3 is 0 Å². The number of benzene rings is 1. The Hall–Kier alpha value is -1.89. The number of halogens is 1. The minimum Gasteiger partial charge on any atom is -0.340 e. The molecule has 7 heteroatoms. The summed E-state index contributed by atoms with van der Waals surface area (Å²) in [4.78, 5) is 22.3. The summed E-state index contributed by atoms with van der Waals surface area (Å²) in [6.45, 7) is 4.24. The van der Waals surface area contributed by atoms with Crippen molar-refractivity contribution in [2.45, 2.75) is 13.0 Å². The van der Waals surface area contributed by atoms with Gasteiger partial charge < -0.3 is 4.90 Å². The van der Waals surface area contributed by atoms with E-state index in [2.05, 4.69) is 22.0 Å². The van der Waals surface area contributed by atoms with E-state index in [1.54, 1.807) is 11.3 Å². The molecule has 0 N–H and O–H groups in total. The number of imidazole rings is 1. The smallest absolute Gasteiger partial charge is 0.228 e. The van der Waals surface area contributed by atoms with Gasteiger partial charge in [-0.1, -0.05) is 23.7 Å². The van der Waals surface area contributed by atoms with Gasteiger partial charge in [0.25, 0.3) is 0 Å². The molecule has 1 fully saturated rings. The topological polar surface area (TPSA) is 40.9 Å². The van der Waals surface area contributed by atoms with E-state index in [-0.39, 0.29) is 5.91 Å². The van der Waals surface area contributed by atoms with Crippen LogP contribution in [0.25, 0.3) is 4.96 Å². The summed E-state index contributed by atoms with van der Waals surface area (Å²) >= 11 is 7.51. The Morgan fingerprint density at radius 3 is 2.64 bits per heavy atom. The van der Waals surface area contributed by atoms with Gasteiger partial charge in [-0.25, -0.2) is 4.98 Å². The van der Waals surface area contributed by atoms with E-state index in [0.29, 0.717) is 6.42 Å². The fourth-order valence-corrected chi connectivity index (χ4v) is 3.98. The van der Waals surface area contributed by atoms with Crippen LogP contribution in [0, 0.1) is 0 Å². The Labute approximate surface area is 155 Å². The van der Waals surface area contributed by atoms with Crippen molar-refractivity contribution >= 4 is 33.8 Å². The second-order valence-corrected chi connectivity index (χ2v) is 7.59. The molecule has 1 saturated heterocycles. The van der Waals surface area contributed by atoms with E-state index in [4.69, 9.17) is 11.6 Å². The zero-order valence-corrected chi connectivity index (χ0v) is 15.3. The Balaban J connectivity index is 1.29. The van der Waals surface area contributed by atoms with Crippen molar-refractivity contribution in [3.63, 3.8) is 0 Å². The quantitative estimate of drug-likeness (QED) is 0.705. The van der Waals surface area contributed by atoms with Crippen molar-refractivity contribution in [3.05, 3.63) is 58.3 Å². The average molecular weight is 375 g/mol. The van der Waals surface area contributed by atoms with Crippen molar-refractivity contribution in [2.75, 3.05) is 26.2 Å². The molecule has 0 spiro atoms. The molecule has 0 bridgehead atoms. The van der Waals surface area contributed by atoms with Crippen LogP contribution in [0.5, 0.6) is 0 Å². The number of piperazine rings is 1. The van der Waals surface area contributed by atoms with Crippen LogP contribution >= 0.6 is 22.9 Å². The maximum atomic E-state index is 12.5. The normalized spacial score (nSPS) is 15.8. The summed E-state index contributed by atoms with van der Waals surface area (Å²) in [5.41, 5.74) is 2.10. The summed E-state index contributed by atoms with van der Waals surface area (Å²) in [5.74, 6) is 0.164. The molecule has 5 nitrogen and oxygen atoms in total. The van der Waals surface area contributed by atoms with Crippen molar-refractivity contribution in [1.82, 2.24) is 19.2 Å². The molecule has 0 unspecified atom stereocenters. The first-order valence-corrected chi connectivity index (χ1v) is 9.59. The van der Waals surface area contributed by atoms with Gasteiger partial charge in [0.1, 0.15) is 0 Å². The number of fused-ring (bicyclic) bond motifs is 1. The lowest BCUT2D eigenvalue weighted by atomic mass is 10.2. The lowest BCUT2D eigenvalue weighted by Crippen LogP contribution is -2.48. The van der Waals surface area contributed by atoms with Crippen LogP contribution in [0.15, 0.2) is 42.0 Å². The molecular weight excluding hydrogens is 356 g/mol. The van der Waals surface area contributed by atoms with Crippen molar-refractivity contribution in [3.8, 4) is 0 Å². The van der Waals surface area contributed by atoms with Crippen LogP contribution in [0.4, 0.5) is 0 Å². The maximum Gasteiger partial charge on any atom is 0.228 e. The van der Waals surface area contributed by atoms with E-state index < -0.39 is 0 Å². The monoisotopic (exact) mass is 374 g/mol. The Kier molecular flexibility index (Phi) is 4.74. The van der Waals surface area contributed by atoms with Crippen LogP contribution in [0.3, 0.4) is 0 Å². The van der Waals surface area contributed by atoms with E-state index in [9.17, 15) is 4.79 Å². The van der Waals surface area contributed by atoms with Gasteiger partial charge in [-0.05, 0) is 17.7 Å². The number of amides is 1. The van der Waals surface area contributed by atoms with Crippen molar-refractivity contribution in [2.24, 2.45) is 0 Å². The highest BCUT2D eigenvalue weighted by atomic mass is 35.5. The zero-order chi connectivity index (χ0) is 17.2. The van der Waals surface area contributed by atoms with E-state index in [0.717, 1.165) is 48.4 Å². The number of rotatable bonds is 4. The summed E-state index contributed by atoms with van der Waals surface area (Å²) in [7, 11) is 0. The van der Waals surface area contributed by atoms with Crippen LogP contribution < -0.4 is 0 Å². The Bertz CT molecular complexity index is 836. The molecule has 25 heavy (non-hydrogen) atoms. The van der Waals surface area contributed by atoms with E-state index in [1.165, 1.54) is 5.56 Å². The molecule has 4 rings (SSSR count). The number of carbonyl (C=O) groups excluding carboxylic acids is 1. The van der Waals surface area contributed by atoms with Crippen LogP contribution in [-0.2, 0) is 17.8 Å². The van der Waals surface area contributed by atoms with Gasteiger partial charge in [-0.3, -0.25) is 14.1 Å². The SMILES string of the molecule is O=C(Cc1cn2ccsc2n1)N1CCN(Cc2ccc(Cl)cc2)CC1. The summed E-state index contributed by atoms with van der Waals surface area (Å²) < 4.78 is 1.97. The third kappa shape index (κ3) is 3.86. The molecule has 0 saturated carbocycles. The Morgan fingerprint density at radius 2 is 1.92 bits per heavy atom. The first kappa shape index (κ1) is 16.6. The third-order valence-corrected chi connectivity index (χ3v) is 5.54. The van der Waals surface area contributed by atoms with E-state index >= 15 is 0 Å². The average Bonchev–Trinajstić information content (AvgIpc) is 3.19. The number of nitrogens with zero attached hydrogens (tertiary/aromatic N) is 4. The fraction of sp³-hybridized carbons (Fsp3) is 0.333. The van der Waals surface area contributed by atoms with Crippen molar-refractivity contribution < 1.29 is 4.79 Å². The molecule has 1 aliphatic heterocycles. The maximum absolute atomic E-state index is 12.5. The van der Waals surface area contributed by atoms with Gasteiger partial charge in [-0.2, -0.15) is 0 Å². The lowest BCUT2D eigenvalue weighted by molar-refractivity contribution is -0.132. The highest BCUT2D eigenvalue weighted by Crippen LogP contribution is 2.15. The van der Waals surface area contributed by atoms with Crippen LogP contribution in [0.1, 0.15) is 11.3 Å². The van der Waals surface area contributed by atoms with Gasteiger partial charge in [0.05, 0.1) is 12.1 Å². The fourth-order valence-electron chi connectivity index (χ4n) is 3.13. The Morgan fingerprint density at radius 1 is 1.16 bits per heavy atom. The molecular formula is C18H19ClN4OS. The predicted octanol–water partition coefficient (Wildman–Crippen LogP) is 2.94. The summed E-state index contributed by atoms with van der Waals surface area (Å²) in [6, 6.07) is 7.97. The highest BCUT2D eigenvalue weighted by molar-refractivity contribution is 7.15. The molecule has 0 radical (unpaired) electrons. The molecule has 1 amide bonds. The first-order valence-electron chi connectivity index (χ1n) is 8.33. The van der Waals surface area contributed by atoms with Crippen LogP contribution in [-0.4, -0.2) is 51.3 Å². The molecule has 3 heterocycles. The number of hydrogen-bond acceptors (Lipinski definition) is 4. The van der Waals surface area contributed by atoms with Gasteiger partial charge in [0.15, 0.2) is 4.96 Å². The molecule has 2 aromatic heterocycles. The molecule has 3 aromatic rings. The minimum absolute atomic E-state index is 0.164. The summed E-state index contributed by atoms with van der Waals surface area (Å²) in [5, 5.41) is 2.76. The number of aromatic nitrogens is 2. The molecule has 1 aliphatic rings. The largest absolute Gasteiger partial charge is 0.340 e. The third-order valence-electron chi connectivity index (χ3n) is 4.52. The second kappa shape index (κ2) is 7.15. The lowest BCUT2D eigenvalue weighted by Gasteiger charge is -2.34. The number of thiazole rings is 1. The second-order valence-electron chi connectivity index (χ2n) is 6.29. The van der Waals surface area contributed by atoms with E-state index in [1.807, 2.05) is 39.2 Å². The molecule has 0 aliphatic carbocycles. The standard InChI is InChI=1S/C18H19ClN4OS/c19-15-3-1-14(2-4-15)12-21-5-7-22(8-6-21)17(24)11-16-13-23-9-10-25-18(23)20-16/h1-4,9-10,13H,5-8,11-12H2. The molecule has 0 atom stereocenters. The van der Waals surface area contributed by atoms with Gasteiger partial charge in [-0.15, -0.1) is 11.3 Å². The minimum atomic E-state index is 0.164. The highest BCUT2D eigenvalue weighted by Gasteiger charge is 2.22. The zero-order valence-electron chi connectivity index (χ0n) is 13.8.